The van der Waals surface area contributed by atoms with E-state index < -0.39 is 0 Å². The van der Waals surface area contributed by atoms with Gasteiger partial charge in [-0.25, -0.2) is 0 Å². The van der Waals surface area contributed by atoms with E-state index in [0.29, 0.717) is 5.92 Å². The van der Waals surface area contributed by atoms with E-state index >= 15 is 0 Å². The van der Waals surface area contributed by atoms with Crippen LogP contribution in [0.3, 0.4) is 0 Å². The number of hydrogen-bond acceptors (Lipinski definition) is 3. The Hall–Kier alpha value is -0.510. The molecule has 106 valence electrons. The Morgan fingerprint density at radius 1 is 1.26 bits per heavy atom. The number of ether oxygens (including phenoxy) is 1. The molecule has 0 heterocycles. The van der Waals surface area contributed by atoms with Crippen LogP contribution in [-0.2, 0) is 11.3 Å². The summed E-state index contributed by atoms with van der Waals surface area (Å²) < 4.78 is 5.63. The van der Waals surface area contributed by atoms with Crippen LogP contribution in [0.1, 0.15) is 32.3 Å². The second-order valence-electron chi connectivity index (χ2n) is 5.75. The van der Waals surface area contributed by atoms with E-state index in [-0.39, 0.29) is 0 Å². The maximum atomic E-state index is 5.63. The Labute approximate surface area is 121 Å². The lowest BCUT2D eigenvalue weighted by Gasteiger charge is -2.08. The molecule has 0 saturated heterocycles. The highest BCUT2D eigenvalue weighted by atomic mass is 32.2. The predicted molar refractivity (Wildman–Crippen MR) is 82.4 cm³/mol. The van der Waals surface area contributed by atoms with Gasteiger partial charge in [0.25, 0.3) is 0 Å². The zero-order valence-electron chi connectivity index (χ0n) is 12.0. The molecule has 0 atom stereocenters. The molecule has 1 N–H and O–H groups in total. The molecule has 2 rings (SSSR count). The van der Waals surface area contributed by atoms with Crippen LogP contribution in [0, 0.1) is 11.8 Å². The first kappa shape index (κ1) is 14.9. The lowest BCUT2D eigenvalue weighted by atomic mass is 10.2. The molecule has 3 heteroatoms. The largest absolute Gasteiger partial charge is 0.370 e. The smallest absolute Gasteiger partial charge is 0.0967 e. The molecular weight excluding hydrogens is 254 g/mol. The molecule has 1 fully saturated rings. The normalized spacial score (nSPS) is 15.1. The van der Waals surface area contributed by atoms with Gasteiger partial charge >= 0.3 is 0 Å². The Balaban J connectivity index is 1.62. The first-order chi connectivity index (χ1) is 9.24. The molecule has 0 amide bonds. The molecular formula is C16H25NOS. The van der Waals surface area contributed by atoms with Crippen LogP contribution in [0.5, 0.6) is 0 Å². The summed E-state index contributed by atoms with van der Waals surface area (Å²) in [6.45, 7) is 7.44. The third-order valence-corrected chi connectivity index (χ3v) is 4.05. The second-order valence-corrected chi connectivity index (χ2v) is 6.74. The van der Waals surface area contributed by atoms with Gasteiger partial charge in [0.05, 0.1) is 12.5 Å². The third kappa shape index (κ3) is 6.46. The molecule has 1 saturated carbocycles. The monoisotopic (exact) mass is 279 g/mol. The van der Waals surface area contributed by atoms with Crippen LogP contribution < -0.4 is 5.32 Å². The zero-order valence-corrected chi connectivity index (χ0v) is 12.8. The predicted octanol–water partition coefficient (Wildman–Crippen LogP) is 3.91. The summed E-state index contributed by atoms with van der Waals surface area (Å²) >= 11 is 1.78. The van der Waals surface area contributed by atoms with Crippen molar-refractivity contribution in [2.24, 2.45) is 11.8 Å². The highest BCUT2D eigenvalue weighted by Crippen LogP contribution is 2.29. The van der Waals surface area contributed by atoms with Gasteiger partial charge in [-0.05, 0) is 48.9 Å². The van der Waals surface area contributed by atoms with Crippen molar-refractivity contribution >= 4 is 11.8 Å². The number of nitrogens with one attached hydrogen (secondary N) is 1. The number of rotatable bonds is 9. The quantitative estimate of drug-likeness (QED) is 0.421. The summed E-state index contributed by atoms with van der Waals surface area (Å²) in [5.41, 5.74) is 1.35. The van der Waals surface area contributed by atoms with Crippen molar-refractivity contribution in [3.05, 3.63) is 29.8 Å². The van der Waals surface area contributed by atoms with Crippen LogP contribution in [0.15, 0.2) is 29.2 Å². The van der Waals surface area contributed by atoms with Gasteiger partial charge < -0.3 is 10.1 Å². The van der Waals surface area contributed by atoms with Gasteiger partial charge in [-0.1, -0.05) is 37.7 Å². The third-order valence-electron chi connectivity index (χ3n) is 3.16. The molecule has 0 aliphatic heterocycles. The summed E-state index contributed by atoms with van der Waals surface area (Å²) in [5.74, 6) is 2.34. The van der Waals surface area contributed by atoms with Crippen LogP contribution >= 0.6 is 11.8 Å². The van der Waals surface area contributed by atoms with E-state index in [1.54, 1.807) is 11.8 Å². The van der Waals surface area contributed by atoms with Crippen molar-refractivity contribution in [2.75, 3.05) is 19.1 Å². The van der Waals surface area contributed by atoms with E-state index in [1.165, 1.54) is 23.3 Å². The fourth-order valence-electron chi connectivity index (χ4n) is 1.82. The van der Waals surface area contributed by atoms with Crippen molar-refractivity contribution in [1.29, 1.82) is 0 Å². The van der Waals surface area contributed by atoms with Crippen molar-refractivity contribution < 1.29 is 4.74 Å². The topological polar surface area (TPSA) is 21.3 Å². The highest BCUT2D eigenvalue weighted by molar-refractivity contribution is 7.99. The Morgan fingerprint density at radius 2 is 2.00 bits per heavy atom. The van der Waals surface area contributed by atoms with Gasteiger partial charge in [0.15, 0.2) is 0 Å². The van der Waals surface area contributed by atoms with E-state index in [1.807, 2.05) is 0 Å². The van der Waals surface area contributed by atoms with E-state index in [2.05, 4.69) is 43.4 Å². The SMILES string of the molecule is CC(C)CNCc1ccc(SCOCC2CC2)cc1. The highest BCUT2D eigenvalue weighted by Gasteiger charge is 2.20. The molecule has 0 aromatic heterocycles. The van der Waals surface area contributed by atoms with E-state index in [4.69, 9.17) is 4.74 Å². The number of thioether (sulfide) groups is 1. The van der Waals surface area contributed by atoms with E-state index in [9.17, 15) is 0 Å². The minimum Gasteiger partial charge on any atom is -0.370 e. The van der Waals surface area contributed by atoms with Gasteiger partial charge in [0.1, 0.15) is 0 Å². The molecule has 1 aromatic rings. The summed E-state index contributed by atoms with van der Waals surface area (Å²) in [6, 6.07) is 8.79. The van der Waals surface area contributed by atoms with Crippen molar-refractivity contribution in [3.8, 4) is 0 Å². The van der Waals surface area contributed by atoms with Gasteiger partial charge in [0.2, 0.25) is 0 Å². The summed E-state index contributed by atoms with van der Waals surface area (Å²) in [4.78, 5) is 1.29. The first-order valence-corrected chi connectivity index (χ1v) is 8.23. The lowest BCUT2D eigenvalue weighted by molar-refractivity contribution is 0.171. The lowest BCUT2D eigenvalue weighted by Crippen LogP contribution is -2.18. The first-order valence-electron chi connectivity index (χ1n) is 7.24. The van der Waals surface area contributed by atoms with Gasteiger partial charge in [-0.15, -0.1) is 0 Å². The average Bonchev–Trinajstić information content (AvgIpc) is 3.20. The maximum absolute atomic E-state index is 5.63. The Kier molecular flexibility index (Phi) is 6.21. The fraction of sp³-hybridized carbons (Fsp3) is 0.625. The molecule has 2 nitrogen and oxygen atoms in total. The molecule has 1 aliphatic carbocycles. The van der Waals surface area contributed by atoms with Crippen LogP contribution in [-0.4, -0.2) is 19.1 Å². The van der Waals surface area contributed by atoms with Crippen LogP contribution in [0.25, 0.3) is 0 Å². The minimum absolute atomic E-state index is 0.707. The van der Waals surface area contributed by atoms with Crippen LogP contribution in [0.4, 0.5) is 0 Å². The van der Waals surface area contributed by atoms with Gasteiger partial charge in [-0.3, -0.25) is 0 Å². The maximum Gasteiger partial charge on any atom is 0.0967 e. The molecule has 1 aromatic carbocycles. The number of hydrogen-bond donors (Lipinski definition) is 1. The molecule has 0 unspecified atom stereocenters. The second kappa shape index (κ2) is 7.93. The van der Waals surface area contributed by atoms with Gasteiger partial charge in [-0.2, -0.15) is 0 Å². The molecule has 0 spiro atoms. The summed E-state index contributed by atoms with van der Waals surface area (Å²) in [7, 11) is 0. The summed E-state index contributed by atoms with van der Waals surface area (Å²) in [6.07, 6.45) is 2.73. The molecule has 0 radical (unpaired) electrons. The minimum atomic E-state index is 0.707. The Bertz CT molecular complexity index is 360. The van der Waals surface area contributed by atoms with Crippen molar-refractivity contribution in [2.45, 2.75) is 38.1 Å². The summed E-state index contributed by atoms with van der Waals surface area (Å²) in [5, 5.41) is 3.46. The molecule has 19 heavy (non-hydrogen) atoms. The van der Waals surface area contributed by atoms with Crippen molar-refractivity contribution in [1.82, 2.24) is 5.32 Å². The van der Waals surface area contributed by atoms with Crippen LogP contribution in [0.2, 0.25) is 0 Å². The molecule has 0 bridgehead atoms. The zero-order chi connectivity index (χ0) is 13.5. The standard InChI is InChI=1S/C16H25NOS/c1-13(2)9-17-10-14-5-7-16(8-6-14)19-12-18-11-15-3-4-15/h5-8,13,15,17H,3-4,9-12H2,1-2H3. The average molecular weight is 279 g/mol. The number of benzene rings is 1. The van der Waals surface area contributed by atoms with E-state index in [0.717, 1.165) is 31.6 Å². The van der Waals surface area contributed by atoms with Crippen molar-refractivity contribution in [3.63, 3.8) is 0 Å². The molecule has 1 aliphatic rings. The van der Waals surface area contributed by atoms with Gasteiger partial charge in [0, 0.05) is 11.4 Å². The Morgan fingerprint density at radius 3 is 2.63 bits per heavy atom. The fourth-order valence-corrected chi connectivity index (χ4v) is 2.46.